The van der Waals surface area contributed by atoms with Crippen LogP contribution in [-0.2, 0) is 14.4 Å². The Morgan fingerprint density at radius 3 is 2.57 bits per heavy atom. The molecule has 1 aliphatic carbocycles. The number of carbonyl (C=O) groups is 3. The highest BCUT2D eigenvalue weighted by atomic mass is 31.0. The van der Waals surface area contributed by atoms with Crippen molar-refractivity contribution in [1.29, 1.82) is 0 Å². The summed E-state index contributed by atoms with van der Waals surface area (Å²) >= 11 is 0. The molecular formula is C10H15O3P. The van der Waals surface area contributed by atoms with Crippen LogP contribution in [0.1, 0.15) is 32.6 Å². The molecule has 4 heteroatoms. The largest absolute Gasteiger partial charge is 0.300 e. The molecule has 1 rings (SSSR count). The summed E-state index contributed by atoms with van der Waals surface area (Å²) in [6, 6.07) is 0. The van der Waals surface area contributed by atoms with Crippen LogP contribution >= 0.6 is 9.24 Å². The van der Waals surface area contributed by atoms with Gasteiger partial charge in [-0.15, -0.1) is 0 Å². The second-order valence-electron chi connectivity index (χ2n) is 3.89. The van der Waals surface area contributed by atoms with Gasteiger partial charge in [-0.2, -0.15) is 0 Å². The Kier molecular flexibility index (Phi) is 3.94. The zero-order valence-corrected chi connectivity index (χ0v) is 9.44. The predicted molar refractivity (Wildman–Crippen MR) is 55.9 cm³/mol. The average Bonchev–Trinajstić information content (AvgIpc) is 2.02. The van der Waals surface area contributed by atoms with Crippen LogP contribution in [0.25, 0.3) is 0 Å². The summed E-state index contributed by atoms with van der Waals surface area (Å²) in [6.07, 6.45) is 2.62. The van der Waals surface area contributed by atoms with Crippen LogP contribution < -0.4 is 0 Å². The van der Waals surface area contributed by atoms with Crippen molar-refractivity contribution in [3.63, 3.8) is 0 Å². The van der Waals surface area contributed by atoms with Gasteiger partial charge in [0.2, 0.25) is 0 Å². The normalized spacial score (nSPS) is 24.4. The Morgan fingerprint density at radius 2 is 2.14 bits per heavy atom. The van der Waals surface area contributed by atoms with Gasteiger partial charge in [0.25, 0.3) is 0 Å². The summed E-state index contributed by atoms with van der Waals surface area (Å²) in [5.74, 6) is -0.577. The summed E-state index contributed by atoms with van der Waals surface area (Å²) in [7, 11) is 2.05. The maximum Gasteiger partial charge on any atom is 0.158 e. The molecule has 0 aromatic rings. The molecule has 0 spiro atoms. The molecule has 3 atom stereocenters. The van der Waals surface area contributed by atoms with Crippen molar-refractivity contribution >= 4 is 26.3 Å². The van der Waals surface area contributed by atoms with Gasteiger partial charge in [-0.25, -0.2) is 0 Å². The first-order chi connectivity index (χ1) is 6.52. The van der Waals surface area contributed by atoms with E-state index in [2.05, 4.69) is 9.24 Å². The molecule has 0 bridgehead atoms. The third-order valence-corrected chi connectivity index (χ3v) is 3.10. The van der Waals surface area contributed by atoms with Crippen molar-refractivity contribution in [2.45, 2.75) is 32.6 Å². The Hall–Kier alpha value is -0.560. The third kappa shape index (κ3) is 2.71. The molecule has 3 nitrogen and oxygen atoms in total. The summed E-state index contributed by atoms with van der Waals surface area (Å²) in [5, 5.41) is 0. The van der Waals surface area contributed by atoms with Crippen LogP contribution in [0.15, 0.2) is 0 Å². The van der Waals surface area contributed by atoms with Gasteiger partial charge in [-0.1, -0.05) is 9.24 Å². The van der Waals surface area contributed by atoms with E-state index in [0.717, 1.165) is 12.8 Å². The van der Waals surface area contributed by atoms with Crippen molar-refractivity contribution in [3.05, 3.63) is 0 Å². The molecule has 78 valence electrons. The van der Waals surface area contributed by atoms with Crippen LogP contribution in [0.5, 0.6) is 0 Å². The number of hydrogen-bond donors (Lipinski definition) is 0. The first-order valence-electron chi connectivity index (χ1n) is 4.84. The van der Waals surface area contributed by atoms with Crippen LogP contribution in [0, 0.1) is 11.8 Å². The van der Waals surface area contributed by atoms with E-state index in [9.17, 15) is 14.4 Å². The first kappa shape index (κ1) is 11.5. The highest BCUT2D eigenvalue weighted by Gasteiger charge is 2.33. The fraction of sp³-hybridized carbons (Fsp3) is 0.700. The highest BCUT2D eigenvalue weighted by molar-refractivity contribution is 7.40. The monoisotopic (exact) mass is 214 g/mol. The lowest BCUT2D eigenvalue weighted by molar-refractivity contribution is -0.131. The van der Waals surface area contributed by atoms with Crippen molar-refractivity contribution in [2.24, 2.45) is 11.8 Å². The van der Waals surface area contributed by atoms with Gasteiger partial charge in [0.15, 0.2) is 5.52 Å². The molecule has 0 aliphatic heterocycles. The summed E-state index contributed by atoms with van der Waals surface area (Å²) in [5.41, 5.74) is -0.183. The summed E-state index contributed by atoms with van der Waals surface area (Å²) in [6.45, 7) is 1.42. The molecular weight excluding hydrogens is 199 g/mol. The molecule has 0 heterocycles. The first-order valence-corrected chi connectivity index (χ1v) is 5.41. The number of hydrogen-bond acceptors (Lipinski definition) is 3. The highest BCUT2D eigenvalue weighted by Crippen LogP contribution is 2.30. The van der Waals surface area contributed by atoms with Gasteiger partial charge in [0.05, 0.1) is 5.92 Å². The predicted octanol–water partition coefficient (Wildman–Crippen LogP) is 1.35. The molecule has 3 unspecified atom stereocenters. The molecule has 1 fully saturated rings. The van der Waals surface area contributed by atoms with Crippen LogP contribution in [0.2, 0.25) is 0 Å². The minimum absolute atomic E-state index is 0.0567. The fourth-order valence-electron chi connectivity index (χ4n) is 2.11. The summed E-state index contributed by atoms with van der Waals surface area (Å²) in [4.78, 5) is 33.7. The van der Waals surface area contributed by atoms with Gasteiger partial charge in [-0.05, 0) is 25.7 Å². The van der Waals surface area contributed by atoms with E-state index in [1.54, 1.807) is 0 Å². The molecule has 0 aromatic heterocycles. The van der Waals surface area contributed by atoms with E-state index in [0.29, 0.717) is 12.8 Å². The lowest BCUT2D eigenvalue weighted by Crippen LogP contribution is -2.31. The fourth-order valence-corrected chi connectivity index (χ4v) is 2.61. The SMILES string of the molecule is CC(=O)C(C(=O)P)C1CCCC(=O)C1. The van der Waals surface area contributed by atoms with Crippen molar-refractivity contribution < 1.29 is 14.4 Å². The summed E-state index contributed by atoms with van der Waals surface area (Å²) < 4.78 is 0. The number of rotatable bonds is 3. The average molecular weight is 214 g/mol. The van der Waals surface area contributed by atoms with Gasteiger partial charge >= 0.3 is 0 Å². The molecule has 0 radical (unpaired) electrons. The second kappa shape index (κ2) is 4.79. The Bertz CT molecular complexity index is 259. The molecule has 0 amide bonds. The van der Waals surface area contributed by atoms with E-state index in [-0.39, 0.29) is 23.0 Å². The van der Waals surface area contributed by atoms with Crippen LogP contribution in [-0.4, -0.2) is 17.1 Å². The lowest BCUT2D eigenvalue weighted by Gasteiger charge is -2.25. The van der Waals surface area contributed by atoms with E-state index in [4.69, 9.17) is 0 Å². The van der Waals surface area contributed by atoms with Gasteiger partial charge in [0, 0.05) is 12.8 Å². The smallest absolute Gasteiger partial charge is 0.158 e. The van der Waals surface area contributed by atoms with Gasteiger partial charge < -0.3 is 0 Å². The Morgan fingerprint density at radius 1 is 1.50 bits per heavy atom. The van der Waals surface area contributed by atoms with Crippen LogP contribution in [0.4, 0.5) is 0 Å². The second-order valence-corrected chi connectivity index (χ2v) is 4.45. The van der Waals surface area contributed by atoms with E-state index in [1.807, 2.05) is 0 Å². The maximum atomic E-state index is 11.2. The van der Waals surface area contributed by atoms with Crippen molar-refractivity contribution in [1.82, 2.24) is 0 Å². The molecule has 0 N–H and O–H groups in total. The van der Waals surface area contributed by atoms with Crippen LogP contribution in [0.3, 0.4) is 0 Å². The number of ketones is 2. The molecule has 1 aliphatic rings. The van der Waals surface area contributed by atoms with Gasteiger partial charge in [-0.3, -0.25) is 14.4 Å². The maximum absolute atomic E-state index is 11.2. The van der Waals surface area contributed by atoms with E-state index in [1.165, 1.54) is 6.92 Å². The van der Waals surface area contributed by atoms with E-state index >= 15 is 0 Å². The topological polar surface area (TPSA) is 51.2 Å². The zero-order valence-electron chi connectivity index (χ0n) is 8.29. The van der Waals surface area contributed by atoms with Gasteiger partial charge in [0.1, 0.15) is 11.6 Å². The van der Waals surface area contributed by atoms with Crippen molar-refractivity contribution in [3.8, 4) is 0 Å². The van der Waals surface area contributed by atoms with Crippen molar-refractivity contribution in [2.75, 3.05) is 0 Å². The minimum Gasteiger partial charge on any atom is -0.300 e. The Balaban J connectivity index is 2.72. The molecule has 0 saturated heterocycles. The third-order valence-electron chi connectivity index (χ3n) is 2.74. The minimum atomic E-state index is -0.579. The molecule has 1 saturated carbocycles. The standard InChI is InChI=1S/C10H15O3P/c1-6(11)9(10(13)14)7-3-2-4-8(12)5-7/h7,9H,2-5,14H2,1H3. The molecule has 14 heavy (non-hydrogen) atoms. The zero-order chi connectivity index (χ0) is 10.7. The molecule has 0 aromatic carbocycles. The quantitative estimate of drug-likeness (QED) is 0.526. The Labute approximate surface area is 85.8 Å². The number of carbonyl (C=O) groups excluding carboxylic acids is 3. The van der Waals surface area contributed by atoms with E-state index < -0.39 is 5.92 Å². The lowest BCUT2D eigenvalue weighted by atomic mass is 9.78. The number of Topliss-reactive ketones (excluding diaryl/α,β-unsaturated/α-hetero) is 2.